The molecule has 4 rings (SSSR count). The van der Waals surface area contributed by atoms with Crippen molar-refractivity contribution in [2.24, 2.45) is 0 Å². The molecule has 2 amide bonds. The molecule has 1 aromatic heterocycles. The maximum Gasteiger partial charge on any atom is 0.274 e. The summed E-state index contributed by atoms with van der Waals surface area (Å²) in [5.41, 5.74) is 2.52. The second-order valence-electron chi connectivity index (χ2n) is 7.67. The van der Waals surface area contributed by atoms with Crippen molar-refractivity contribution in [3.8, 4) is 0 Å². The topological polar surface area (TPSA) is 72.5 Å². The van der Waals surface area contributed by atoms with E-state index >= 15 is 0 Å². The predicted molar refractivity (Wildman–Crippen MR) is 106 cm³/mol. The highest BCUT2D eigenvalue weighted by Gasteiger charge is 2.35. The number of H-pyrrole nitrogens is 1. The van der Waals surface area contributed by atoms with Crippen molar-refractivity contribution in [3.05, 3.63) is 53.3 Å². The van der Waals surface area contributed by atoms with Gasteiger partial charge in [0.05, 0.1) is 6.04 Å². The van der Waals surface area contributed by atoms with Gasteiger partial charge in [0.25, 0.3) is 5.91 Å². The summed E-state index contributed by atoms with van der Waals surface area (Å²) in [7, 11) is 0. The Morgan fingerprint density at radius 2 is 1.89 bits per heavy atom. The van der Waals surface area contributed by atoms with Gasteiger partial charge in [-0.25, -0.2) is 0 Å². The molecule has 3 heterocycles. The molecule has 2 aromatic rings. The molecule has 0 unspecified atom stereocenters. The average Bonchev–Trinajstić information content (AvgIpc) is 3.16. The molecule has 28 heavy (non-hydrogen) atoms. The van der Waals surface area contributed by atoms with E-state index in [0.29, 0.717) is 25.3 Å². The molecule has 2 aliphatic heterocycles. The Balaban J connectivity index is 1.34. The highest BCUT2D eigenvalue weighted by molar-refractivity contribution is 5.92. The molecule has 0 bridgehead atoms. The van der Waals surface area contributed by atoms with Crippen LogP contribution in [0.15, 0.2) is 36.4 Å². The summed E-state index contributed by atoms with van der Waals surface area (Å²) in [5.74, 6) is 0.183. The summed E-state index contributed by atoms with van der Waals surface area (Å²) in [6.45, 7) is 6.10. The zero-order valence-corrected chi connectivity index (χ0v) is 16.3. The highest BCUT2D eigenvalue weighted by atomic mass is 16.2. The molecule has 0 spiro atoms. The van der Waals surface area contributed by atoms with Gasteiger partial charge in [0.2, 0.25) is 5.91 Å². The summed E-state index contributed by atoms with van der Waals surface area (Å²) in [5, 5.41) is 6.89. The van der Waals surface area contributed by atoms with E-state index in [4.69, 9.17) is 0 Å². The fourth-order valence-corrected chi connectivity index (χ4v) is 4.15. The van der Waals surface area contributed by atoms with Crippen molar-refractivity contribution in [2.75, 3.05) is 32.7 Å². The summed E-state index contributed by atoms with van der Waals surface area (Å²) < 4.78 is 0. The standard InChI is InChI=1S/C21H27N5O2/c1-16-14-18(23-22-16)20(27)25-12-10-24(11-13-25)19-8-5-9-26(21(19)28)15-17-6-3-2-4-7-17/h2-4,6-7,14,19H,5,8-13,15H2,1H3,(H,22,23)/t19-/m0/s1. The van der Waals surface area contributed by atoms with Crippen LogP contribution in [-0.2, 0) is 11.3 Å². The Morgan fingerprint density at radius 3 is 2.57 bits per heavy atom. The van der Waals surface area contributed by atoms with Crippen LogP contribution in [0, 0.1) is 6.92 Å². The lowest BCUT2D eigenvalue weighted by Gasteiger charge is -2.42. The van der Waals surface area contributed by atoms with Crippen molar-refractivity contribution < 1.29 is 9.59 Å². The van der Waals surface area contributed by atoms with Crippen molar-refractivity contribution in [1.82, 2.24) is 24.9 Å². The summed E-state index contributed by atoms with van der Waals surface area (Å²) in [6.07, 6.45) is 1.92. The van der Waals surface area contributed by atoms with Gasteiger partial charge in [-0.3, -0.25) is 19.6 Å². The number of amides is 2. The minimum Gasteiger partial charge on any atom is -0.337 e. The van der Waals surface area contributed by atoms with Crippen LogP contribution in [0.3, 0.4) is 0 Å². The van der Waals surface area contributed by atoms with Gasteiger partial charge < -0.3 is 9.80 Å². The number of aromatic amines is 1. The minimum atomic E-state index is -0.0673. The number of aromatic nitrogens is 2. The molecule has 2 aliphatic rings. The number of carbonyl (C=O) groups is 2. The molecular formula is C21H27N5O2. The Morgan fingerprint density at radius 1 is 1.14 bits per heavy atom. The van der Waals surface area contributed by atoms with E-state index in [1.54, 1.807) is 6.07 Å². The van der Waals surface area contributed by atoms with Gasteiger partial charge >= 0.3 is 0 Å². The fraction of sp³-hybridized carbons (Fsp3) is 0.476. The van der Waals surface area contributed by atoms with Crippen molar-refractivity contribution in [2.45, 2.75) is 32.4 Å². The largest absolute Gasteiger partial charge is 0.337 e. The van der Waals surface area contributed by atoms with Crippen LogP contribution in [0.2, 0.25) is 0 Å². The third-order valence-electron chi connectivity index (χ3n) is 5.69. The van der Waals surface area contributed by atoms with E-state index in [1.165, 1.54) is 5.56 Å². The Kier molecular flexibility index (Phi) is 5.43. The van der Waals surface area contributed by atoms with Crippen LogP contribution in [0.5, 0.6) is 0 Å². The second-order valence-corrected chi connectivity index (χ2v) is 7.67. The zero-order chi connectivity index (χ0) is 19.5. The lowest BCUT2D eigenvalue weighted by Crippen LogP contribution is -2.58. The van der Waals surface area contributed by atoms with Gasteiger partial charge in [-0.2, -0.15) is 5.10 Å². The van der Waals surface area contributed by atoms with Crippen LogP contribution in [0.4, 0.5) is 0 Å². The van der Waals surface area contributed by atoms with E-state index in [2.05, 4.69) is 27.2 Å². The first-order valence-electron chi connectivity index (χ1n) is 10.00. The van der Waals surface area contributed by atoms with Crippen LogP contribution in [-0.4, -0.2) is 75.5 Å². The van der Waals surface area contributed by atoms with Crippen molar-refractivity contribution >= 4 is 11.8 Å². The summed E-state index contributed by atoms with van der Waals surface area (Å²) >= 11 is 0. The molecule has 0 saturated carbocycles. The average molecular weight is 381 g/mol. The van der Waals surface area contributed by atoms with Gasteiger partial charge in [-0.1, -0.05) is 30.3 Å². The Bertz CT molecular complexity index is 826. The second kappa shape index (κ2) is 8.14. The first kappa shape index (κ1) is 18.7. The maximum absolute atomic E-state index is 13.1. The number of benzene rings is 1. The first-order chi connectivity index (χ1) is 13.6. The zero-order valence-electron chi connectivity index (χ0n) is 16.3. The quantitative estimate of drug-likeness (QED) is 0.874. The van der Waals surface area contributed by atoms with Gasteiger partial charge in [0, 0.05) is 45.0 Å². The molecule has 1 atom stereocenters. The molecule has 0 radical (unpaired) electrons. The van der Waals surface area contributed by atoms with E-state index in [9.17, 15) is 9.59 Å². The number of nitrogens with one attached hydrogen (secondary N) is 1. The summed E-state index contributed by atoms with van der Waals surface area (Å²) in [6, 6.07) is 11.9. The van der Waals surface area contributed by atoms with Crippen molar-refractivity contribution in [1.29, 1.82) is 0 Å². The number of aryl methyl sites for hydroxylation is 1. The molecule has 0 aliphatic carbocycles. The smallest absolute Gasteiger partial charge is 0.274 e. The molecule has 1 aromatic carbocycles. The lowest BCUT2D eigenvalue weighted by atomic mass is 10.0. The number of carbonyl (C=O) groups excluding carboxylic acids is 2. The molecule has 148 valence electrons. The van der Waals surface area contributed by atoms with Gasteiger partial charge in [-0.05, 0) is 31.4 Å². The third kappa shape index (κ3) is 3.94. The van der Waals surface area contributed by atoms with Crippen molar-refractivity contribution in [3.63, 3.8) is 0 Å². The molecular weight excluding hydrogens is 354 g/mol. The Hall–Kier alpha value is -2.67. The van der Waals surface area contributed by atoms with Gasteiger partial charge in [0.1, 0.15) is 5.69 Å². The lowest BCUT2D eigenvalue weighted by molar-refractivity contribution is -0.141. The molecule has 2 saturated heterocycles. The summed E-state index contributed by atoms with van der Waals surface area (Å²) in [4.78, 5) is 31.7. The fourth-order valence-electron chi connectivity index (χ4n) is 4.15. The van der Waals surface area contributed by atoms with Crippen LogP contribution in [0.25, 0.3) is 0 Å². The van der Waals surface area contributed by atoms with Crippen LogP contribution in [0.1, 0.15) is 34.6 Å². The first-order valence-corrected chi connectivity index (χ1v) is 10.00. The monoisotopic (exact) mass is 381 g/mol. The molecule has 1 N–H and O–H groups in total. The van der Waals surface area contributed by atoms with E-state index < -0.39 is 0 Å². The number of hydrogen-bond donors (Lipinski definition) is 1. The van der Waals surface area contributed by atoms with Gasteiger partial charge in [-0.15, -0.1) is 0 Å². The molecule has 7 heteroatoms. The number of nitrogens with zero attached hydrogens (tertiary/aromatic N) is 4. The van der Waals surface area contributed by atoms with Gasteiger partial charge in [0.15, 0.2) is 0 Å². The van der Waals surface area contributed by atoms with E-state index in [0.717, 1.165) is 38.2 Å². The normalized spacial score (nSPS) is 21.2. The number of rotatable bonds is 4. The number of piperazine rings is 1. The molecule has 2 fully saturated rings. The number of piperidine rings is 1. The van der Waals surface area contributed by atoms with E-state index in [1.807, 2.05) is 34.9 Å². The number of hydrogen-bond acceptors (Lipinski definition) is 4. The predicted octanol–water partition coefficient (Wildman–Crippen LogP) is 1.67. The molecule has 7 nitrogen and oxygen atoms in total. The van der Waals surface area contributed by atoms with Crippen LogP contribution >= 0.6 is 0 Å². The maximum atomic E-state index is 13.1. The van der Waals surface area contributed by atoms with Crippen LogP contribution < -0.4 is 0 Å². The minimum absolute atomic E-state index is 0.0373. The third-order valence-corrected chi connectivity index (χ3v) is 5.69. The number of likely N-dealkylation sites (tertiary alicyclic amines) is 1. The van der Waals surface area contributed by atoms with E-state index in [-0.39, 0.29) is 17.9 Å². The SMILES string of the molecule is Cc1cc(C(=O)N2CCN([C@H]3CCCN(Cc4ccccc4)C3=O)CC2)n[nH]1. The Labute approximate surface area is 165 Å². The highest BCUT2D eigenvalue weighted by Crippen LogP contribution is 2.21.